The van der Waals surface area contributed by atoms with Gasteiger partial charge in [0.1, 0.15) is 0 Å². The molecule has 0 aliphatic heterocycles. The first kappa shape index (κ1) is 12.1. The van der Waals surface area contributed by atoms with Gasteiger partial charge in [0, 0.05) is 4.47 Å². The summed E-state index contributed by atoms with van der Waals surface area (Å²) in [5.74, 6) is 0. The molecule has 0 radical (unpaired) electrons. The third-order valence-corrected chi connectivity index (χ3v) is 1.26. The second-order valence-corrected chi connectivity index (χ2v) is 2.21. The number of halogens is 2. The molecule has 1 rings (SSSR count). The molecule has 52 valence electrons. The Balaban J connectivity index is 0. The maximum atomic E-state index is 3.31. The van der Waals surface area contributed by atoms with E-state index in [0.29, 0.717) is 0 Å². The van der Waals surface area contributed by atoms with E-state index in [1.54, 1.807) is 0 Å². The lowest BCUT2D eigenvalue weighted by atomic mass is 10.4. The molecule has 3 heteroatoms. The monoisotopic (exact) mass is 226 g/mol. The predicted octanol–water partition coefficient (Wildman–Crippen LogP) is 2.98. The Morgan fingerprint density at radius 3 is 1.67 bits per heavy atom. The second kappa shape index (κ2) is 6.46. The molecule has 0 aliphatic rings. The number of hydrogen-bond donors (Lipinski definition) is 0. The van der Waals surface area contributed by atoms with E-state index in [9.17, 15) is 0 Å². The highest BCUT2D eigenvalue weighted by Gasteiger charge is 1.74. The summed E-state index contributed by atoms with van der Waals surface area (Å²) in [5, 5.41) is 0. The van der Waals surface area contributed by atoms with Gasteiger partial charge in [0.15, 0.2) is 0 Å². The molecule has 0 saturated heterocycles. The lowest BCUT2D eigenvalue weighted by Gasteiger charge is -1.80. The highest BCUT2D eigenvalue weighted by Crippen LogP contribution is 2.05. The number of hydrogen-bond acceptors (Lipinski definition) is 0. The SMILES string of the molecule is Brc1ccccc1.Cl.S. The third kappa shape index (κ3) is 4.82. The van der Waals surface area contributed by atoms with E-state index in [4.69, 9.17) is 0 Å². The Kier molecular flexibility index (Phi) is 8.66. The summed E-state index contributed by atoms with van der Waals surface area (Å²) in [7, 11) is 0. The Hall–Kier alpha value is 0.340. The Morgan fingerprint density at radius 1 is 1.00 bits per heavy atom. The average molecular weight is 228 g/mol. The van der Waals surface area contributed by atoms with Crippen LogP contribution in [0.3, 0.4) is 0 Å². The normalized spacial score (nSPS) is 6.78. The summed E-state index contributed by atoms with van der Waals surface area (Å²) in [4.78, 5) is 0. The van der Waals surface area contributed by atoms with Crippen LogP contribution in [0.5, 0.6) is 0 Å². The maximum Gasteiger partial charge on any atom is 0.0175 e. The van der Waals surface area contributed by atoms with Gasteiger partial charge in [-0.25, -0.2) is 0 Å². The van der Waals surface area contributed by atoms with Gasteiger partial charge in [0.25, 0.3) is 0 Å². The first-order chi connectivity index (χ1) is 3.39. The Morgan fingerprint density at radius 2 is 1.44 bits per heavy atom. The van der Waals surface area contributed by atoms with E-state index in [-0.39, 0.29) is 25.9 Å². The summed E-state index contributed by atoms with van der Waals surface area (Å²) < 4.78 is 1.13. The van der Waals surface area contributed by atoms with Gasteiger partial charge in [-0.1, -0.05) is 34.1 Å². The van der Waals surface area contributed by atoms with Gasteiger partial charge in [-0.05, 0) is 12.1 Å². The summed E-state index contributed by atoms with van der Waals surface area (Å²) >= 11 is 3.31. The fourth-order valence-electron chi connectivity index (χ4n) is 0.415. The summed E-state index contributed by atoms with van der Waals surface area (Å²) in [6.07, 6.45) is 0. The summed E-state index contributed by atoms with van der Waals surface area (Å²) in [5.41, 5.74) is 0. The maximum absolute atomic E-state index is 3.31. The van der Waals surface area contributed by atoms with Crippen LogP contribution >= 0.6 is 41.8 Å². The fourth-order valence-corrected chi connectivity index (χ4v) is 0.720. The van der Waals surface area contributed by atoms with Gasteiger partial charge in [-0.15, -0.1) is 12.4 Å². The zero-order valence-corrected chi connectivity index (χ0v) is 8.08. The van der Waals surface area contributed by atoms with Crippen molar-refractivity contribution in [3.63, 3.8) is 0 Å². The zero-order valence-electron chi connectivity index (χ0n) is 4.67. The topological polar surface area (TPSA) is 0 Å². The lowest BCUT2D eigenvalue weighted by Crippen LogP contribution is -1.55. The number of benzene rings is 1. The van der Waals surface area contributed by atoms with Gasteiger partial charge < -0.3 is 0 Å². The van der Waals surface area contributed by atoms with Crippen LogP contribution in [-0.4, -0.2) is 0 Å². The van der Waals surface area contributed by atoms with Gasteiger partial charge in [0.2, 0.25) is 0 Å². The molecular weight excluding hydrogens is 219 g/mol. The highest BCUT2D eigenvalue weighted by atomic mass is 79.9. The quantitative estimate of drug-likeness (QED) is 0.639. The predicted molar refractivity (Wildman–Crippen MR) is 51.8 cm³/mol. The van der Waals surface area contributed by atoms with Crippen molar-refractivity contribution in [3.8, 4) is 0 Å². The van der Waals surface area contributed by atoms with E-state index < -0.39 is 0 Å². The number of rotatable bonds is 0. The van der Waals surface area contributed by atoms with Crippen LogP contribution in [0.1, 0.15) is 0 Å². The molecule has 0 unspecified atom stereocenters. The van der Waals surface area contributed by atoms with Crippen molar-refractivity contribution in [3.05, 3.63) is 34.8 Å². The first-order valence-electron chi connectivity index (χ1n) is 2.10. The fraction of sp³-hybridized carbons (Fsp3) is 0. The van der Waals surface area contributed by atoms with Gasteiger partial charge in [-0.3, -0.25) is 0 Å². The molecule has 0 aromatic heterocycles. The van der Waals surface area contributed by atoms with E-state index in [2.05, 4.69) is 15.9 Å². The van der Waals surface area contributed by atoms with Crippen LogP contribution in [0.15, 0.2) is 34.8 Å². The molecular formula is C6H8BrClS. The van der Waals surface area contributed by atoms with Crippen molar-refractivity contribution >= 4 is 41.8 Å². The standard InChI is InChI=1S/C6H5Br.ClH.H2S/c7-6-4-2-1-3-5-6;;/h1-5H;1H;1H2. The van der Waals surface area contributed by atoms with Crippen molar-refractivity contribution in [1.82, 2.24) is 0 Å². The molecule has 0 heterocycles. The molecule has 1 aromatic rings. The Bertz CT molecular complexity index is 143. The van der Waals surface area contributed by atoms with Crippen LogP contribution in [0, 0.1) is 0 Å². The average Bonchev–Trinajstić information content (AvgIpc) is 1.69. The van der Waals surface area contributed by atoms with Crippen LogP contribution in [0.2, 0.25) is 0 Å². The molecule has 0 nitrogen and oxygen atoms in total. The molecule has 0 saturated carbocycles. The molecule has 9 heavy (non-hydrogen) atoms. The molecule has 0 fully saturated rings. The van der Waals surface area contributed by atoms with Crippen LogP contribution in [-0.2, 0) is 0 Å². The smallest absolute Gasteiger partial charge is 0.0175 e. The zero-order chi connectivity index (χ0) is 5.11. The summed E-state index contributed by atoms with van der Waals surface area (Å²) in [6.45, 7) is 0. The van der Waals surface area contributed by atoms with E-state index in [1.807, 2.05) is 30.3 Å². The largest absolute Gasteiger partial charge is 0.197 e. The van der Waals surface area contributed by atoms with Gasteiger partial charge in [0.05, 0.1) is 0 Å². The molecule has 0 atom stereocenters. The van der Waals surface area contributed by atoms with E-state index >= 15 is 0 Å². The van der Waals surface area contributed by atoms with Crippen molar-refractivity contribution in [2.24, 2.45) is 0 Å². The van der Waals surface area contributed by atoms with E-state index in [1.165, 1.54) is 0 Å². The van der Waals surface area contributed by atoms with E-state index in [0.717, 1.165) is 4.47 Å². The molecule has 1 aromatic carbocycles. The second-order valence-electron chi connectivity index (χ2n) is 1.30. The van der Waals surface area contributed by atoms with Crippen LogP contribution in [0.25, 0.3) is 0 Å². The van der Waals surface area contributed by atoms with Crippen LogP contribution < -0.4 is 0 Å². The molecule has 0 bridgehead atoms. The minimum Gasteiger partial charge on any atom is -0.197 e. The highest BCUT2D eigenvalue weighted by molar-refractivity contribution is 9.10. The van der Waals surface area contributed by atoms with Crippen molar-refractivity contribution in [1.29, 1.82) is 0 Å². The van der Waals surface area contributed by atoms with Crippen LogP contribution in [0.4, 0.5) is 0 Å². The molecule has 0 N–H and O–H groups in total. The molecule has 0 aliphatic carbocycles. The minimum atomic E-state index is 0. The first-order valence-corrected chi connectivity index (χ1v) is 2.89. The summed E-state index contributed by atoms with van der Waals surface area (Å²) in [6, 6.07) is 9.97. The van der Waals surface area contributed by atoms with Crippen molar-refractivity contribution in [2.75, 3.05) is 0 Å². The lowest BCUT2D eigenvalue weighted by molar-refractivity contribution is 1.66. The Labute approximate surface area is 76.6 Å². The molecule has 0 spiro atoms. The van der Waals surface area contributed by atoms with Crippen molar-refractivity contribution < 1.29 is 0 Å². The van der Waals surface area contributed by atoms with Crippen molar-refractivity contribution in [2.45, 2.75) is 0 Å². The minimum absolute atomic E-state index is 0. The van der Waals surface area contributed by atoms with Gasteiger partial charge >= 0.3 is 0 Å². The molecule has 0 amide bonds. The third-order valence-electron chi connectivity index (χ3n) is 0.733. The van der Waals surface area contributed by atoms with Gasteiger partial charge in [-0.2, -0.15) is 13.5 Å².